The van der Waals surface area contributed by atoms with Gasteiger partial charge in [0, 0.05) is 0 Å². The Morgan fingerprint density at radius 2 is 1.05 bits per heavy atom. The van der Waals surface area contributed by atoms with Crippen LogP contribution in [-0.4, -0.2) is 42.4 Å². The summed E-state index contributed by atoms with van der Waals surface area (Å²) in [7, 11) is 0. The van der Waals surface area contributed by atoms with E-state index in [-0.39, 0.29) is 6.61 Å². The molecule has 0 aliphatic carbocycles. The molecular weight excluding hydrogens is 492 g/mol. The smallest absolute Gasteiger partial charge is 0.188 e. The van der Waals surface area contributed by atoms with Gasteiger partial charge >= 0.3 is 0 Å². The maximum absolute atomic E-state index is 11.5. The van der Waals surface area contributed by atoms with Crippen molar-refractivity contribution in [2.75, 3.05) is 6.61 Å². The Kier molecular flexibility index (Phi) is 9.74. The summed E-state index contributed by atoms with van der Waals surface area (Å²) in [4.78, 5) is 0. The van der Waals surface area contributed by atoms with Gasteiger partial charge < -0.3 is 28.8 Å². The SMILES string of the molecule is O[C@@H]1[C@H](Oc2ccccc2)[C@@H](OCc2ccccc2)[C@@H](OCc2ccccc2)O[C@@H]1COCc1ccccc1. The van der Waals surface area contributed by atoms with Crippen molar-refractivity contribution in [2.45, 2.75) is 50.5 Å². The lowest BCUT2D eigenvalue weighted by molar-refractivity contribution is -0.312. The average Bonchev–Trinajstić information content (AvgIpc) is 2.99. The summed E-state index contributed by atoms with van der Waals surface area (Å²) in [5.74, 6) is 0.627. The summed E-state index contributed by atoms with van der Waals surface area (Å²) in [5, 5.41) is 11.5. The molecule has 5 atom stereocenters. The lowest BCUT2D eigenvalue weighted by Crippen LogP contribution is -2.62. The molecule has 1 N–H and O–H groups in total. The van der Waals surface area contributed by atoms with E-state index < -0.39 is 30.7 Å². The number of hydrogen-bond acceptors (Lipinski definition) is 6. The Labute approximate surface area is 229 Å². The molecule has 4 aromatic rings. The van der Waals surface area contributed by atoms with Crippen LogP contribution in [-0.2, 0) is 38.8 Å². The Morgan fingerprint density at radius 3 is 1.62 bits per heavy atom. The molecule has 1 aliphatic heterocycles. The number of rotatable bonds is 12. The molecule has 39 heavy (non-hydrogen) atoms. The van der Waals surface area contributed by atoms with Gasteiger partial charge in [-0.1, -0.05) is 109 Å². The summed E-state index contributed by atoms with van der Waals surface area (Å²) in [6.07, 6.45) is -3.94. The van der Waals surface area contributed by atoms with Crippen molar-refractivity contribution in [3.63, 3.8) is 0 Å². The van der Waals surface area contributed by atoms with Crippen molar-refractivity contribution in [3.05, 3.63) is 138 Å². The lowest BCUT2D eigenvalue weighted by Gasteiger charge is -2.44. The van der Waals surface area contributed by atoms with Crippen molar-refractivity contribution in [1.82, 2.24) is 0 Å². The fraction of sp³-hybridized carbons (Fsp3) is 0.273. The Hall–Kier alpha value is -3.52. The van der Waals surface area contributed by atoms with Gasteiger partial charge in [-0.25, -0.2) is 0 Å². The molecule has 5 rings (SSSR count). The van der Waals surface area contributed by atoms with Crippen molar-refractivity contribution in [2.24, 2.45) is 0 Å². The van der Waals surface area contributed by atoms with Gasteiger partial charge in [-0.15, -0.1) is 0 Å². The first-order valence-electron chi connectivity index (χ1n) is 13.2. The standard InChI is InChI=1S/C33H34O6/c34-30-29(24-35-21-25-13-5-1-6-14-25)39-33(37-23-27-17-9-3-10-18-27)32(36-22-26-15-7-2-8-16-26)31(30)38-28-19-11-4-12-20-28/h1-20,29-34H,21-24H2/t29-,30+,31+,32-,33+/m1/s1. The monoisotopic (exact) mass is 526 g/mol. The van der Waals surface area contributed by atoms with Crippen LogP contribution in [0.5, 0.6) is 5.75 Å². The topological polar surface area (TPSA) is 66.4 Å². The highest BCUT2D eigenvalue weighted by atomic mass is 16.7. The zero-order chi connectivity index (χ0) is 26.7. The van der Waals surface area contributed by atoms with Gasteiger partial charge in [-0.05, 0) is 28.8 Å². The third kappa shape index (κ3) is 7.76. The number of aliphatic hydroxyl groups is 1. The molecule has 0 unspecified atom stereocenters. The summed E-state index contributed by atoms with van der Waals surface area (Å²) in [5.41, 5.74) is 3.05. The summed E-state index contributed by atoms with van der Waals surface area (Å²) >= 11 is 0. The lowest BCUT2D eigenvalue weighted by atomic mass is 9.98. The van der Waals surface area contributed by atoms with Crippen LogP contribution in [0.4, 0.5) is 0 Å². The van der Waals surface area contributed by atoms with E-state index >= 15 is 0 Å². The summed E-state index contributed by atoms with van der Waals surface area (Å²) in [6, 6.07) is 39.1. The van der Waals surface area contributed by atoms with E-state index in [0.29, 0.717) is 25.6 Å². The van der Waals surface area contributed by atoms with Gasteiger partial charge in [0.2, 0.25) is 0 Å². The largest absolute Gasteiger partial charge is 0.485 e. The molecule has 0 spiro atoms. The minimum absolute atomic E-state index is 0.168. The van der Waals surface area contributed by atoms with E-state index in [9.17, 15) is 5.11 Å². The third-order valence-corrected chi connectivity index (χ3v) is 6.57. The van der Waals surface area contributed by atoms with Crippen molar-refractivity contribution in [1.29, 1.82) is 0 Å². The zero-order valence-corrected chi connectivity index (χ0v) is 21.8. The molecule has 0 bridgehead atoms. The molecule has 1 heterocycles. The average molecular weight is 527 g/mol. The first-order chi connectivity index (χ1) is 19.3. The van der Waals surface area contributed by atoms with E-state index in [2.05, 4.69) is 0 Å². The van der Waals surface area contributed by atoms with Crippen LogP contribution in [0.1, 0.15) is 16.7 Å². The van der Waals surface area contributed by atoms with Crippen LogP contribution >= 0.6 is 0 Å². The molecule has 0 aromatic heterocycles. The molecule has 1 aliphatic rings. The summed E-state index contributed by atoms with van der Waals surface area (Å²) < 4.78 is 31.3. The molecule has 6 heteroatoms. The second-order valence-corrected chi connectivity index (χ2v) is 9.49. The molecule has 0 radical (unpaired) electrons. The minimum Gasteiger partial charge on any atom is -0.485 e. The van der Waals surface area contributed by atoms with E-state index in [4.69, 9.17) is 23.7 Å². The molecule has 4 aromatic carbocycles. The second-order valence-electron chi connectivity index (χ2n) is 9.49. The molecule has 0 saturated carbocycles. The van der Waals surface area contributed by atoms with Gasteiger partial charge in [-0.2, -0.15) is 0 Å². The van der Waals surface area contributed by atoms with Gasteiger partial charge in [0.05, 0.1) is 26.4 Å². The predicted molar refractivity (Wildman–Crippen MR) is 148 cm³/mol. The molecule has 202 valence electrons. The molecule has 0 amide bonds. The normalized spacial score (nSPS) is 22.8. The van der Waals surface area contributed by atoms with E-state index in [1.165, 1.54) is 0 Å². The van der Waals surface area contributed by atoms with Crippen molar-refractivity contribution < 1.29 is 28.8 Å². The van der Waals surface area contributed by atoms with Gasteiger partial charge in [0.25, 0.3) is 0 Å². The van der Waals surface area contributed by atoms with Gasteiger partial charge in [-0.3, -0.25) is 0 Å². The van der Waals surface area contributed by atoms with Gasteiger partial charge in [0.15, 0.2) is 12.4 Å². The Morgan fingerprint density at radius 1 is 0.564 bits per heavy atom. The quantitative estimate of drug-likeness (QED) is 0.262. The van der Waals surface area contributed by atoms with Crippen LogP contribution in [0.25, 0.3) is 0 Å². The third-order valence-electron chi connectivity index (χ3n) is 6.57. The van der Waals surface area contributed by atoms with Crippen molar-refractivity contribution in [3.8, 4) is 5.75 Å². The fourth-order valence-electron chi connectivity index (χ4n) is 4.52. The van der Waals surface area contributed by atoms with Crippen molar-refractivity contribution >= 4 is 0 Å². The van der Waals surface area contributed by atoms with Crippen LogP contribution in [0.15, 0.2) is 121 Å². The van der Waals surface area contributed by atoms with Crippen LogP contribution in [0.2, 0.25) is 0 Å². The highest BCUT2D eigenvalue weighted by Gasteiger charge is 2.48. The number of benzene rings is 4. The first-order valence-corrected chi connectivity index (χ1v) is 13.2. The zero-order valence-electron chi connectivity index (χ0n) is 21.8. The second kappa shape index (κ2) is 14.0. The number of para-hydroxylation sites is 1. The molecule has 1 saturated heterocycles. The maximum atomic E-state index is 11.5. The van der Waals surface area contributed by atoms with Crippen LogP contribution in [0.3, 0.4) is 0 Å². The Bertz CT molecular complexity index is 1220. The van der Waals surface area contributed by atoms with Crippen LogP contribution < -0.4 is 4.74 Å². The number of hydrogen-bond donors (Lipinski definition) is 1. The first kappa shape index (κ1) is 27.1. The van der Waals surface area contributed by atoms with Crippen LogP contribution in [0, 0.1) is 0 Å². The number of ether oxygens (including phenoxy) is 5. The molecular formula is C33H34O6. The molecule has 1 fully saturated rings. The molecule has 6 nitrogen and oxygen atoms in total. The Balaban J connectivity index is 1.36. The summed E-state index contributed by atoms with van der Waals surface area (Å²) in [6.45, 7) is 1.21. The highest BCUT2D eigenvalue weighted by Crippen LogP contribution is 2.30. The minimum atomic E-state index is -1.02. The predicted octanol–water partition coefficient (Wildman–Crippen LogP) is 5.54. The van der Waals surface area contributed by atoms with Gasteiger partial charge in [0.1, 0.15) is 24.1 Å². The maximum Gasteiger partial charge on any atom is 0.188 e. The highest BCUT2D eigenvalue weighted by molar-refractivity contribution is 5.22. The van der Waals surface area contributed by atoms with E-state index in [1.807, 2.05) is 121 Å². The number of aliphatic hydroxyl groups excluding tert-OH is 1. The van der Waals surface area contributed by atoms with E-state index in [1.54, 1.807) is 0 Å². The fourth-order valence-corrected chi connectivity index (χ4v) is 4.52. The van der Waals surface area contributed by atoms with E-state index in [0.717, 1.165) is 16.7 Å².